The van der Waals surface area contributed by atoms with Crippen molar-refractivity contribution < 1.29 is 9.47 Å². The summed E-state index contributed by atoms with van der Waals surface area (Å²) in [4.78, 5) is 8.27. The molecule has 0 saturated carbocycles. The Labute approximate surface area is 102 Å². The Kier molecular flexibility index (Phi) is 4.55. The van der Waals surface area contributed by atoms with Gasteiger partial charge in [-0.3, -0.25) is 0 Å². The van der Waals surface area contributed by atoms with E-state index in [1.54, 1.807) is 0 Å². The minimum absolute atomic E-state index is 0.220. The van der Waals surface area contributed by atoms with Crippen LogP contribution in [-0.4, -0.2) is 35.8 Å². The van der Waals surface area contributed by atoms with Crippen molar-refractivity contribution in [1.29, 1.82) is 0 Å². The van der Waals surface area contributed by atoms with Crippen LogP contribution in [0.5, 0.6) is 5.88 Å². The number of ether oxygens (including phenoxy) is 2. The normalized spacial score (nSPS) is 16.8. The topological polar surface area (TPSA) is 56.3 Å². The molecule has 2 rings (SSSR count). The Balaban J connectivity index is 1.90. The van der Waals surface area contributed by atoms with Gasteiger partial charge in [-0.05, 0) is 6.42 Å². The molecule has 94 valence electrons. The first-order valence-electron chi connectivity index (χ1n) is 6.19. The molecule has 1 aromatic rings. The van der Waals surface area contributed by atoms with Gasteiger partial charge >= 0.3 is 0 Å². The molecular weight excluding hydrogens is 218 g/mol. The van der Waals surface area contributed by atoms with Gasteiger partial charge in [0.2, 0.25) is 5.88 Å². The van der Waals surface area contributed by atoms with E-state index in [2.05, 4.69) is 22.2 Å². The number of rotatable bonds is 5. The van der Waals surface area contributed by atoms with Crippen LogP contribution in [0.3, 0.4) is 0 Å². The SMILES string of the molecule is CCCNc1cc(OC2CCOCC2)ncn1. The van der Waals surface area contributed by atoms with Crippen LogP contribution in [0.1, 0.15) is 26.2 Å². The standard InChI is InChI=1S/C12H19N3O2/c1-2-5-13-11-8-12(15-9-14-11)17-10-3-6-16-7-4-10/h8-10H,2-7H2,1H3,(H,13,14,15). The summed E-state index contributed by atoms with van der Waals surface area (Å²) in [5.74, 6) is 1.47. The molecule has 5 nitrogen and oxygen atoms in total. The van der Waals surface area contributed by atoms with E-state index in [-0.39, 0.29) is 6.10 Å². The van der Waals surface area contributed by atoms with Crippen molar-refractivity contribution in [3.8, 4) is 5.88 Å². The highest BCUT2D eigenvalue weighted by molar-refractivity contribution is 5.36. The molecule has 0 aliphatic carbocycles. The first kappa shape index (κ1) is 12.1. The summed E-state index contributed by atoms with van der Waals surface area (Å²) in [7, 11) is 0. The fourth-order valence-electron chi connectivity index (χ4n) is 1.72. The minimum atomic E-state index is 0.220. The van der Waals surface area contributed by atoms with E-state index < -0.39 is 0 Å². The van der Waals surface area contributed by atoms with Crippen molar-refractivity contribution in [2.24, 2.45) is 0 Å². The second kappa shape index (κ2) is 6.39. The van der Waals surface area contributed by atoms with Gasteiger partial charge in [-0.2, -0.15) is 0 Å². The third-order valence-electron chi connectivity index (χ3n) is 2.65. The van der Waals surface area contributed by atoms with Gasteiger partial charge in [-0.15, -0.1) is 0 Å². The summed E-state index contributed by atoms with van der Waals surface area (Å²) in [6.45, 7) is 4.58. The quantitative estimate of drug-likeness (QED) is 0.847. The van der Waals surface area contributed by atoms with Crippen molar-refractivity contribution in [3.63, 3.8) is 0 Å². The Bertz CT molecular complexity index is 340. The van der Waals surface area contributed by atoms with Crippen LogP contribution >= 0.6 is 0 Å². The molecule has 1 fully saturated rings. The number of nitrogens with zero attached hydrogens (tertiary/aromatic N) is 2. The predicted molar refractivity (Wildman–Crippen MR) is 65.3 cm³/mol. The predicted octanol–water partition coefficient (Wildman–Crippen LogP) is 1.86. The van der Waals surface area contributed by atoms with Crippen LogP contribution in [-0.2, 0) is 4.74 Å². The van der Waals surface area contributed by atoms with Crippen molar-refractivity contribution in [1.82, 2.24) is 9.97 Å². The molecule has 0 aromatic carbocycles. The Morgan fingerprint density at radius 2 is 2.24 bits per heavy atom. The summed E-state index contributed by atoms with van der Waals surface area (Å²) >= 11 is 0. The van der Waals surface area contributed by atoms with Crippen molar-refractivity contribution in [3.05, 3.63) is 12.4 Å². The van der Waals surface area contributed by atoms with E-state index in [4.69, 9.17) is 9.47 Å². The maximum absolute atomic E-state index is 5.80. The number of anilines is 1. The van der Waals surface area contributed by atoms with Gasteiger partial charge in [-0.25, -0.2) is 9.97 Å². The lowest BCUT2D eigenvalue weighted by molar-refractivity contribution is 0.0237. The fraction of sp³-hybridized carbons (Fsp3) is 0.667. The summed E-state index contributed by atoms with van der Waals surface area (Å²) < 4.78 is 11.1. The van der Waals surface area contributed by atoms with Crippen LogP contribution < -0.4 is 10.1 Å². The summed E-state index contributed by atoms with van der Waals surface area (Å²) in [6.07, 6.45) is 4.69. The Morgan fingerprint density at radius 1 is 1.41 bits per heavy atom. The average Bonchev–Trinajstić information content (AvgIpc) is 2.38. The molecule has 17 heavy (non-hydrogen) atoms. The maximum atomic E-state index is 5.80. The largest absolute Gasteiger partial charge is 0.474 e. The van der Waals surface area contributed by atoms with E-state index in [9.17, 15) is 0 Å². The molecule has 1 saturated heterocycles. The second-order valence-electron chi connectivity index (χ2n) is 4.10. The van der Waals surface area contributed by atoms with Crippen molar-refractivity contribution in [2.75, 3.05) is 25.1 Å². The molecule has 2 heterocycles. The zero-order valence-electron chi connectivity index (χ0n) is 10.2. The summed E-state index contributed by atoms with van der Waals surface area (Å²) in [6, 6.07) is 1.85. The van der Waals surface area contributed by atoms with Gasteiger partial charge in [0.15, 0.2) is 0 Å². The monoisotopic (exact) mass is 237 g/mol. The Morgan fingerprint density at radius 3 is 3.00 bits per heavy atom. The molecule has 5 heteroatoms. The molecule has 1 aliphatic rings. The zero-order valence-corrected chi connectivity index (χ0v) is 10.2. The van der Waals surface area contributed by atoms with Crippen LogP contribution in [0, 0.1) is 0 Å². The third-order valence-corrected chi connectivity index (χ3v) is 2.65. The highest BCUT2D eigenvalue weighted by Gasteiger charge is 2.15. The lowest BCUT2D eigenvalue weighted by Crippen LogP contribution is -2.26. The number of nitrogens with one attached hydrogen (secondary N) is 1. The molecule has 0 atom stereocenters. The molecule has 1 aliphatic heterocycles. The lowest BCUT2D eigenvalue weighted by atomic mass is 10.2. The van der Waals surface area contributed by atoms with Gasteiger partial charge in [0, 0.05) is 25.5 Å². The first-order chi connectivity index (χ1) is 8.38. The molecular formula is C12H19N3O2. The van der Waals surface area contributed by atoms with Gasteiger partial charge in [0.05, 0.1) is 13.2 Å². The van der Waals surface area contributed by atoms with Crippen LogP contribution in [0.2, 0.25) is 0 Å². The summed E-state index contributed by atoms with van der Waals surface area (Å²) in [5, 5.41) is 3.22. The van der Waals surface area contributed by atoms with Crippen LogP contribution in [0.25, 0.3) is 0 Å². The van der Waals surface area contributed by atoms with E-state index in [1.165, 1.54) is 6.33 Å². The lowest BCUT2D eigenvalue weighted by Gasteiger charge is -2.22. The number of hydrogen-bond acceptors (Lipinski definition) is 5. The third kappa shape index (κ3) is 3.85. The molecule has 0 unspecified atom stereocenters. The van der Waals surface area contributed by atoms with E-state index >= 15 is 0 Å². The van der Waals surface area contributed by atoms with Gasteiger partial charge in [0.1, 0.15) is 18.2 Å². The molecule has 0 amide bonds. The zero-order chi connectivity index (χ0) is 11.9. The van der Waals surface area contributed by atoms with Gasteiger partial charge in [-0.1, -0.05) is 6.92 Å². The molecule has 0 bridgehead atoms. The molecule has 0 spiro atoms. The number of hydrogen-bond donors (Lipinski definition) is 1. The van der Waals surface area contributed by atoms with E-state index in [0.717, 1.165) is 44.8 Å². The van der Waals surface area contributed by atoms with E-state index in [0.29, 0.717) is 5.88 Å². The van der Waals surface area contributed by atoms with Crippen LogP contribution in [0.4, 0.5) is 5.82 Å². The molecule has 0 radical (unpaired) electrons. The maximum Gasteiger partial charge on any atom is 0.218 e. The first-order valence-corrected chi connectivity index (χ1v) is 6.19. The molecule has 1 N–H and O–H groups in total. The smallest absolute Gasteiger partial charge is 0.218 e. The fourth-order valence-corrected chi connectivity index (χ4v) is 1.72. The highest BCUT2D eigenvalue weighted by Crippen LogP contribution is 2.17. The Hall–Kier alpha value is -1.36. The summed E-state index contributed by atoms with van der Waals surface area (Å²) in [5.41, 5.74) is 0. The van der Waals surface area contributed by atoms with Gasteiger partial charge < -0.3 is 14.8 Å². The van der Waals surface area contributed by atoms with E-state index in [1.807, 2.05) is 6.07 Å². The van der Waals surface area contributed by atoms with Crippen LogP contribution in [0.15, 0.2) is 12.4 Å². The number of aromatic nitrogens is 2. The van der Waals surface area contributed by atoms with Crippen molar-refractivity contribution in [2.45, 2.75) is 32.3 Å². The molecule has 1 aromatic heterocycles. The second-order valence-corrected chi connectivity index (χ2v) is 4.10. The average molecular weight is 237 g/mol. The minimum Gasteiger partial charge on any atom is -0.474 e. The van der Waals surface area contributed by atoms with Crippen molar-refractivity contribution >= 4 is 5.82 Å². The van der Waals surface area contributed by atoms with Gasteiger partial charge in [0.25, 0.3) is 0 Å². The highest BCUT2D eigenvalue weighted by atomic mass is 16.5.